The molecule has 4 aromatic rings. The maximum absolute atomic E-state index is 13.1. The van der Waals surface area contributed by atoms with E-state index in [9.17, 15) is 4.79 Å². The van der Waals surface area contributed by atoms with Crippen molar-refractivity contribution in [1.82, 2.24) is 15.0 Å². The smallest absolute Gasteiger partial charge is 0.167 e. The van der Waals surface area contributed by atoms with E-state index in [1.54, 1.807) is 6.33 Å². The fraction of sp³-hybridized carbons (Fsp3) is 0.300. The molecule has 4 nitrogen and oxygen atoms in total. The van der Waals surface area contributed by atoms with Crippen LogP contribution in [-0.4, -0.2) is 32.2 Å². The lowest BCUT2D eigenvalue weighted by Crippen LogP contribution is -2.12. The number of aromatic nitrogens is 3. The summed E-state index contributed by atoms with van der Waals surface area (Å²) in [6.07, 6.45) is 5.36. The first-order chi connectivity index (χ1) is 16.8. The number of hydrogen-bond acceptors (Lipinski definition) is 4. The second-order valence-electron chi connectivity index (χ2n) is 10.2. The van der Waals surface area contributed by atoms with E-state index in [1.807, 2.05) is 36.0 Å². The van der Waals surface area contributed by atoms with E-state index < -0.39 is 0 Å². The van der Waals surface area contributed by atoms with Gasteiger partial charge in [0.15, 0.2) is 5.78 Å². The Morgan fingerprint density at radius 3 is 2.60 bits per heavy atom. The standard InChI is InChI=1S/C30H31N3OS/c1-19-22(16-27(34)21-8-10-23(11-9-21)30(2,3)4)6-5-7-24(19)28-25-17-26(20-12-14-35-15-13-20)33-29(25)32-18-31-28/h5-12,17-18H,13-16H2,1-4H3,(H,31,32,33). The minimum absolute atomic E-state index is 0.0694. The van der Waals surface area contributed by atoms with Crippen LogP contribution in [0.1, 0.15) is 59.9 Å². The molecular formula is C30H31N3OS. The van der Waals surface area contributed by atoms with Crippen molar-refractivity contribution in [3.8, 4) is 11.3 Å². The number of aromatic amines is 1. The van der Waals surface area contributed by atoms with Gasteiger partial charge in [0.25, 0.3) is 0 Å². The molecule has 1 N–H and O–H groups in total. The van der Waals surface area contributed by atoms with Gasteiger partial charge in [-0.2, -0.15) is 11.8 Å². The van der Waals surface area contributed by atoms with Crippen molar-refractivity contribution in [2.75, 3.05) is 11.5 Å². The molecule has 3 heterocycles. The first kappa shape index (κ1) is 23.6. The maximum atomic E-state index is 13.1. The molecular weight excluding hydrogens is 450 g/mol. The molecule has 2 aromatic heterocycles. The van der Waals surface area contributed by atoms with Gasteiger partial charge in [0.05, 0.1) is 5.69 Å². The Morgan fingerprint density at radius 2 is 1.89 bits per heavy atom. The number of nitrogens with zero attached hydrogens (tertiary/aromatic N) is 2. The highest BCUT2D eigenvalue weighted by atomic mass is 32.2. The number of thioether (sulfide) groups is 1. The van der Waals surface area contributed by atoms with Gasteiger partial charge in [0.1, 0.15) is 12.0 Å². The van der Waals surface area contributed by atoms with Crippen LogP contribution in [0, 0.1) is 6.92 Å². The van der Waals surface area contributed by atoms with E-state index in [1.165, 1.54) is 11.1 Å². The van der Waals surface area contributed by atoms with Crippen LogP contribution >= 0.6 is 11.8 Å². The van der Waals surface area contributed by atoms with E-state index in [2.05, 4.69) is 73.0 Å². The zero-order valence-corrected chi connectivity index (χ0v) is 21.6. The molecule has 35 heavy (non-hydrogen) atoms. The van der Waals surface area contributed by atoms with Crippen LogP contribution in [-0.2, 0) is 11.8 Å². The van der Waals surface area contributed by atoms with Crippen molar-refractivity contribution in [2.24, 2.45) is 0 Å². The predicted octanol–water partition coefficient (Wildman–Crippen LogP) is 7.18. The molecule has 0 radical (unpaired) electrons. The monoisotopic (exact) mass is 481 g/mol. The largest absolute Gasteiger partial charge is 0.339 e. The van der Waals surface area contributed by atoms with E-state index in [4.69, 9.17) is 0 Å². The zero-order valence-electron chi connectivity index (χ0n) is 20.8. The summed E-state index contributed by atoms with van der Waals surface area (Å²) in [6, 6.07) is 16.4. The van der Waals surface area contributed by atoms with Gasteiger partial charge in [-0.3, -0.25) is 4.79 Å². The number of ketones is 1. The normalized spacial score (nSPS) is 14.2. The lowest BCUT2D eigenvalue weighted by atomic mass is 9.86. The summed E-state index contributed by atoms with van der Waals surface area (Å²) in [5.74, 6) is 2.33. The summed E-state index contributed by atoms with van der Waals surface area (Å²) in [5.41, 5.74) is 9.45. The van der Waals surface area contributed by atoms with E-state index >= 15 is 0 Å². The van der Waals surface area contributed by atoms with Crippen LogP contribution < -0.4 is 0 Å². The van der Waals surface area contributed by atoms with Crippen molar-refractivity contribution in [3.63, 3.8) is 0 Å². The summed E-state index contributed by atoms with van der Waals surface area (Å²) in [5, 5.41) is 1.02. The molecule has 2 aromatic carbocycles. The molecule has 0 amide bonds. The third kappa shape index (κ3) is 4.83. The Hall–Kier alpha value is -3.18. The van der Waals surface area contributed by atoms with Gasteiger partial charge in [0.2, 0.25) is 0 Å². The predicted molar refractivity (Wildman–Crippen MR) is 147 cm³/mol. The van der Waals surface area contributed by atoms with Crippen LogP contribution in [0.2, 0.25) is 0 Å². The zero-order chi connectivity index (χ0) is 24.6. The van der Waals surface area contributed by atoms with Crippen LogP contribution in [0.15, 0.2) is 60.9 Å². The minimum atomic E-state index is 0.0694. The summed E-state index contributed by atoms with van der Waals surface area (Å²) < 4.78 is 0. The van der Waals surface area contributed by atoms with E-state index in [0.29, 0.717) is 6.42 Å². The van der Waals surface area contributed by atoms with Crippen molar-refractivity contribution in [2.45, 2.75) is 46.0 Å². The lowest BCUT2D eigenvalue weighted by molar-refractivity contribution is 0.0992. The first-order valence-electron chi connectivity index (χ1n) is 12.1. The number of rotatable bonds is 5. The Morgan fingerprint density at radius 1 is 1.09 bits per heavy atom. The number of hydrogen-bond donors (Lipinski definition) is 1. The Kier molecular flexibility index (Phi) is 6.37. The van der Waals surface area contributed by atoms with Gasteiger partial charge in [-0.25, -0.2) is 9.97 Å². The average Bonchev–Trinajstić information content (AvgIpc) is 3.30. The molecule has 5 heteroatoms. The van der Waals surface area contributed by atoms with Crippen LogP contribution in [0.3, 0.4) is 0 Å². The average molecular weight is 482 g/mol. The minimum Gasteiger partial charge on any atom is -0.339 e. The molecule has 0 saturated carbocycles. The van der Waals surface area contributed by atoms with Gasteiger partial charge in [-0.15, -0.1) is 0 Å². The Labute approximate surface area is 211 Å². The molecule has 0 saturated heterocycles. The first-order valence-corrected chi connectivity index (χ1v) is 13.3. The van der Waals surface area contributed by atoms with Crippen LogP contribution in [0.5, 0.6) is 0 Å². The van der Waals surface area contributed by atoms with Gasteiger partial charge in [-0.05, 0) is 52.8 Å². The van der Waals surface area contributed by atoms with Gasteiger partial charge >= 0.3 is 0 Å². The topological polar surface area (TPSA) is 58.6 Å². The van der Waals surface area contributed by atoms with Crippen LogP contribution in [0.4, 0.5) is 0 Å². The number of benzene rings is 2. The fourth-order valence-electron chi connectivity index (χ4n) is 4.66. The third-order valence-corrected chi connectivity index (χ3v) is 7.76. The number of allylic oxidation sites excluding steroid dienone is 1. The molecule has 0 spiro atoms. The summed E-state index contributed by atoms with van der Waals surface area (Å²) in [4.78, 5) is 25.8. The van der Waals surface area contributed by atoms with Gasteiger partial charge < -0.3 is 4.98 Å². The van der Waals surface area contributed by atoms with Gasteiger partial charge in [0, 0.05) is 34.4 Å². The molecule has 0 bridgehead atoms. The molecule has 1 aliphatic rings. The van der Waals surface area contributed by atoms with Gasteiger partial charge in [-0.1, -0.05) is 69.3 Å². The fourth-order valence-corrected chi connectivity index (χ4v) is 5.51. The number of H-pyrrole nitrogens is 1. The molecule has 5 rings (SSSR count). The molecule has 0 atom stereocenters. The summed E-state index contributed by atoms with van der Waals surface area (Å²) >= 11 is 1.96. The quantitative estimate of drug-likeness (QED) is 0.307. The molecule has 0 unspecified atom stereocenters. The highest BCUT2D eigenvalue weighted by Gasteiger charge is 2.18. The van der Waals surface area contributed by atoms with Crippen molar-refractivity contribution < 1.29 is 4.79 Å². The molecule has 0 aliphatic carbocycles. The third-order valence-electron chi connectivity index (χ3n) is 6.86. The SMILES string of the molecule is Cc1c(CC(=O)c2ccc(C(C)(C)C)cc2)cccc1-c1ncnc2[nH]c(C3=CCSCC3)cc12. The second kappa shape index (κ2) is 9.46. The van der Waals surface area contributed by atoms with Crippen LogP contribution in [0.25, 0.3) is 27.9 Å². The second-order valence-corrected chi connectivity index (χ2v) is 11.4. The molecule has 1 aliphatic heterocycles. The number of Topliss-reactive ketones (excluding diaryl/α,β-unsaturated/α-hetero) is 1. The van der Waals surface area contributed by atoms with E-state index in [-0.39, 0.29) is 11.2 Å². The van der Waals surface area contributed by atoms with Crippen molar-refractivity contribution in [1.29, 1.82) is 0 Å². The van der Waals surface area contributed by atoms with Crippen molar-refractivity contribution >= 4 is 34.2 Å². The maximum Gasteiger partial charge on any atom is 0.167 e. The highest BCUT2D eigenvalue weighted by Crippen LogP contribution is 2.33. The Bertz CT molecular complexity index is 1420. The van der Waals surface area contributed by atoms with E-state index in [0.717, 1.165) is 62.6 Å². The number of carbonyl (C=O) groups is 1. The highest BCUT2D eigenvalue weighted by molar-refractivity contribution is 7.99. The molecule has 178 valence electrons. The number of carbonyl (C=O) groups excluding carboxylic acids is 1. The summed E-state index contributed by atoms with van der Waals surface area (Å²) in [7, 11) is 0. The van der Waals surface area contributed by atoms with Crippen molar-refractivity contribution in [3.05, 3.63) is 88.9 Å². The number of fused-ring (bicyclic) bond motifs is 1. The summed E-state index contributed by atoms with van der Waals surface area (Å²) in [6.45, 7) is 8.63. The number of nitrogens with one attached hydrogen (secondary N) is 1. The lowest BCUT2D eigenvalue weighted by Gasteiger charge is -2.19. The Balaban J connectivity index is 1.46. The molecule has 0 fully saturated rings.